The van der Waals surface area contributed by atoms with Gasteiger partial charge in [-0.1, -0.05) is 25.8 Å². The lowest BCUT2D eigenvalue weighted by Crippen LogP contribution is -2.44. The average Bonchev–Trinajstić information content (AvgIpc) is 2.70. The highest BCUT2D eigenvalue weighted by atomic mass is 16.4. The standard InChI is InChI=1S/C13H22N2O3/c1-3-7-15(9-12(16)17)13(18)14-8-11-6-4-5-10(11)2/h3,10-11H,1,4-9H2,2H3,(H,14,18)(H,16,17). The summed E-state index contributed by atoms with van der Waals surface area (Å²) in [7, 11) is 0. The van der Waals surface area contributed by atoms with Crippen molar-refractivity contribution in [3.05, 3.63) is 12.7 Å². The second-order valence-electron chi connectivity index (χ2n) is 4.92. The van der Waals surface area contributed by atoms with Gasteiger partial charge in [0.25, 0.3) is 0 Å². The lowest BCUT2D eigenvalue weighted by molar-refractivity contribution is -0.137. The van der Waals surface area contributed by atoms with Gasteiger partial charge in [-0.2, -0.15) is 0 Å². The van der Waals surface area contributed by atoms with Gasteiger partial charge >= 0.3 is 12.0 Å². The van der Waals surface area contributed by atoms with Crippen LogP contribution in [-0.2, 0) is 4.79 Å². The average molecular weight is 254 g/mol. The topological polar surface area (TPSA) is 69.6 Å². The third kappa shape index (κ3) is 4.39. The van der Waals surface area contributed by atoms with Crippen LogP contribution in [0.5, 0.6) is 0 Å². The molecule has 0 aromatic rings. The monoisotopic (exact) mass is 254 g/mol. The molecule has 2 atom stereocenters. The van der Waals surface area contributed by atoms with E-state index in [1.807, 2.05) is 0 Å². The number of urea groups is 1. The van der Waals surface area contributed by atoms with Crippen LogP contribution in [0.3, 0.4) is 0 Å². The van der Waals surface area contributed by atoms with Crippen LogP contribution in [-0.4, -0.2) is 41.6 Å². The van der Waals surface area contributed by atoms with E-state index in [2.05, 4.69) is 18.8 Å². The third-order valence-electron chi connectivity index (χ3n) is 3.52. The molecule has 1 aliphatic carbocycles. The Labute approximate surface area is 108 Å². The molecule has 0 saturated heterocycles. The van der Waals surface area contributed by atoms with Crippen LogP contribution in [0.2, 0.25) is 0 Å². The number of amides is 2. The molecule has 0 heterocycles. The molecule has 1 aliphatic rings. The first kappa shape index (κ1) is 14.5. The van der Waals surface area contributed by atoms with Crippen LogP contribution in [0.1, 0.15) is 26.2 Å². The number of carboxylic acids is 1. The smallest absolute Gasteiger partial charge is 0.323 e. The van der Waals surface area contributed by atoms with E-state index in [9.17, 15) is 9.59 Å². The van der Waals surface area contributed by atoms with Crippen LogP contribution in [0.15, 0.2) is 12.7 Å². The Bertz CT molecular complexity index is 317. The molecule has 1 fully saturated rings. The van der Waals surface area contributed by atoms with Crippen molar-refractivity contribution in [3.8, 4) is 0 Å². The molecule has 0 aromatic carbocycles. The fourth-order valence-corrected chi connectivity index (χ4v) is 2.39. The summed E-state index contributed by atoms with van der Waals surface area (Å²) in [5.74, 6) is 0.142. The Morgan fingerprint density at radius 1 is 1.50 bits per heavy atom. The van der Waals surface area contributed by atoms with Crippen molar-refractivity contribution in [2.45, 2.75) is 26.2 Å². The van der Waals surface area contributed by atoms with Crippen LogP contribution >= 0.6 is 0 Å². The molecule has 18 heavy (non-hydrogen) atoms. The van der Waals surface area contributed by atoms with Crippen molar-refractivity contribution < 1.29 is 14.7 Å². The van der Waals surface area contributed by atoms with Crippen LogP contribution < -0.4 is 5.32 Å². The van der Waals surface area contributed by atoms with Crippen molar-refractivity contribution >= 4 is 12.0 Å². The van der Waals surface area contributed by atoms with E-state index in [1.165, 1.54) is 23.8 Å². The molecule has 2 amide bonds. The Hall–Kier alpha value is -1.52. The number of hydrogen-bond acceptors (Lipinski definition) is 2. The summed E-state index contributed by atoms with van der Waals surface area (Å²) in [5, 5.41) is 11.5. The van der Waals surface area contributed by atoms with Crippen LogP contribution in [0.4, 0.5) is 4.79 Å². The maximum Gasteiger partial charge on any atom is 0.323 e. The molecule has 0 aliphatic heterocycles. The lowest BCUT2D eigenvalue weighted by Gasteiger charge is -2.22. The number of nitrogens with one attached hydrogen (secondary N) is 1. The van der Waals surface area contributed by atoms with Gasteiger partial charge < -0.3 is 15.3 Å². The quantitative estimate of drug-likeness (QED) is 0.709. The third-order valence-corrected chi connectivity index (χ3v) is 3.52. The maximum absolute atomic E-state index is 11.8. The number of carboxylic acid groups (broad SMARTS) is 1. The van der Waals surface area contributed by atoms with Gasteiger partial charge in [-0.05, 0) is 18.3 Å². The van der Waals surface area contributed by atoms with Gasteiger partial charge in [0, 0.05) is 13.1 Å². The fourth-order valence-electron chi connectivity index (χ4n) is 2.39. The zero-order chi connectivity index (χ0) is 13.5. The second kappa shape index (κ2) is 7.03. The summed E-state index contributed by atoms with van der Waals surface area (Å²) >= 11 is 0. The van der Waals surface area contributed by atoms with Gasteiger partial charge in [0.15, 0.2) is 0 Å². The zero-order valence-corrected chi connectivity index (χ0v) is 10.9. The molecule has 0 radical (unpaired) electrons. The molecule has 1 rings (SSSR count). The molecule has 0 aromatic heterocycles. The minimum atomic E-state index is -1.01. The predicted molar refractivity (Wildman–Crippen MR) is 69.3 cm³/mol. The van der Waals surface area contributed by atoms with Crippen molar-refractivity contribution in [1.82, 2.24) is 10.2 Å². The number of hydrogen-bond donors (Lipinski definition) is 2. The summed E-state index contributed by atoms with van der Waals surface area (Å²) in [4.78, 5) is 23.7. The maximum atomic E-state index is 11.8. The number of carbonyl (C=O) groups is 2. The van der Waals surface area contributed by atoms with Crippen molar-refractivity contribution in [2.75, 3.05) is 19.6 Å². The Morgan fingerprint density at radius 3 is 2.72 bits per heavy atom. The molecule has 0 spiro atoms. The summed E-state index contributed by atoms with van der Waals surface area (Å²) in [6.07, 6.45) is 5.10. The molecular formula is C13H22N2O3. The van der Waals surface area contributed by atoms with Gasteiger partial charge in [0.05, 0.1) is 0 Å². The van der Waals surface area contributed by atoms with E-state index >= 15 is 0 Å². The van der Waals surface area contributed by atoms with E-state index in [4.69, 9.17) is 5.11 Å². The Balaban J connectivity index is 2.40. The highest BCUT2D eigenvalue weighted by molar-refractivity contribution is 5.80. The van der Waals surface area contributed by atoms with Gasteiger partial charge in [-0.15, -0.1) is 6.58 Å². The van der Waals surface area contributed by atoms with E-state index < -0.39 is 5.97 Å². The summed E-state index contributed by atoms with van der Waals surface area (Å²) < 4.78 is 0. The van der Waals surface area contributed by atoms with Gasteiger partial charge in [-0.3, -0.25) is 4.79 Å². The Kier molecular flexibility index (Phi) is 5.68. The molecule has 2 unspecified atom stereocenters. The van der Waals surface area contributed by atoms with Gasteiger partial charge in [-0.25, -0.2) is 4.79 Å². The minimum absolute atomic E-state index is 0.248. The minimum Gasteiger partial charge on any atom is -0.480 e. The van der Waals surface area contributed by atoms with Crippen molar-refractivity contribution in [2.24, 2.45) is 11.8 Å². The molecule has 1 saturated carbocycles. The summed E-state index contributed by atoms with van der Waals surface area (Å²) in [5.41, 5.74) is 0. The normalized spacial score (nSPS) is 22.5. The summed E-state index contributed by atoms with van der Waals surface area (Å²) in [6.45, 7) is 6.31. The largest absolute Gasteiger partial charge is 0.480 e. The van der Waals surface area contributed by atoms with Crippen LogP contribution in [0, 0.1) is 11.8 Å². The second-order valence-corrected chi connectivity index (χ2v) is 4.92. The summed E-state index contributed by atoms with van der Waals surface area (Å²) in [6, 6.07) is -0.323. The van der Waals surface area contributed by atoms with Crippen molar-refractivity contribution in [3.63, 3.8) is 0 Å². The SMILES string of the molecule is C=CCN(CC(=O)O)C(=O)NCC1CCCC1C. The zero-order valence-electron chi connectivity index (χ0n) is 10.9. The molecular weight excluding hydrogens is 232 g/mol. The Morgan fingerprint density at radius 2 is 2.22 bits per heavy atom. The fraction of sp³-hybridized carbons (Fsp3) is 0.692. The highest BCUT2D eigenvalue weighted by Gasteiger charge is 2.24. The van der Waals surface area contributed by atoms with Gasteiger partial charge in [0.2, 0.25) is 0 Å². The molecule has 0 bridgehead atoms. The van der Waals surface area contributed by atoms with Crippen LogP contribution in [0.25, 0.3) is 0 Å². The first-order valence-corrected chi connectivity index (χ1v) is 6.40. The lowest BCUT2D eigenvalue weighted by atomic mass is 9.98. The van der Waals surface area contributed by atoms with E-state index in [0.717, 1.165) is 6.42 Å². The van der Waals surface area contributed by atoms with Gasteiger partial charge in [0.1, 0.15) is 6.54 Å². The number of carbonyl (C=O) groups excluding carboxylic acids is 1. The number of aliphatic carboxylic acids is 1. The molecule has 102 valence electrons. The van der Waals surface area contributed by atoms with E-state index in [1.54, 1.807) is 0 Å². The van der Waals surface area contributed by atoms with E-state index in [0.29, 0.717) is 18.4 Å². The predicted octanol–water partition coefficient (Wildman–Crippen LogP) is 1.70. The van der Waals surface area contributed by atoms with E-state index in [-0.39, 0.29) is 19.1 Å². The molecule has 5 heteroatoms. The molecule has 5 nitrogen and oxygen atoms in total. The first-order chi connectivity index (χ1) is 8.54. The highest BCUT2D eigenvalue weighted by Crippen LogP contribution is 2.30. The number of nitrogens with zero attached hydrogens (tertiary/aromatic N) is 1. The first-order valence-electron chi connectivity index (χ1n) is 6.40. The van der Waals surface area contributed by atoms with Crippen molar-refractivity contribution in [1.29, 1.82) is 0 Å². The molecule has 2 N–H and O–H groups in total. The number of rotatable bonds is 6.